The van der Waals surface area contributed by atoms with Crippen LogP contribution >= 0.6 is 0 Å². The summed E-state index contributed by atoms with van der Waals surface area (Å²) >= 11 is 0. The average molecular weight is 317 g/mol. The maximum atomic E-state index is 12.7. The van der Waals surface area contributed by atoms with E-state index in [1.165, 1.54) is 0 Å². The van der Waals surface area contributed by atoms with Crippen molar-refractivity contribution in [3.63, 3.8) is 0 Å². The van der Waals surface area contributed by atoms with Crippen LogP contribution in [0.5, 0.6) is 0 Å². The minimum Gasteiger partial charge on any atom is -0.389 e. The third kappa shape index (κ3) is 6.81. The maximum absolute atomic E-state index is 12.7. The molecule has 126 valence electrons. The predicted molar refractivity (Wildman–Crippen MR) is 92.3 cm³/mol. The summed E-state index contributed by atoms with van der Waals surface area (Å²) in [4.78, 5) is 16.1. The van der Waals surface area contributed by atoms with Crippen molar-refractivity contribution in [2.24, 2.45) is 0 Å². The van der Waals surface area contributed by atoms with Crippen LogP contribution in [0, 0.1) is 25.2 Å². The van der Waals surface area contributed by atoms with E-state index < -0.39 is 5.60 Å². The average Bonchev–Trinajstić information content (AvgIpc) is 2.35. The Balaban J connectivity index is 2.93. The van der Waals surface area contributed by atoms with Crippen LogP contribution < -0.4 is 4.90 Å². The molecule has 0 aliphatic heterocycles. The summed E-state index contributed by atoms with van der Waals surface area (Å²) in [5, 5.41) is 18.7. The van der Waals surface area contributed by atoms with E-state index in [1.807, 2.05) is 26.0 Å². The second-order valence-corrected chi connectivity index (χ2v) is 6.78. The zero-order valence-corrected chi connectivity index (χ0v) is 14.8. The SMILES string of the molecule is Cc1cc(C)cc(N(CCC#N)C(=O)CN(C)CC(C)(C)O)c1. The van der Waals surface area contributed by atoms with Gasteiger partial charge in [-0.3, -0.25) is 9.69 Å². The molecule has 1 amide bonds. The largest absolute Gasteiger partial charge is 0.389 e. The normalized spacial score (nSPS) is 11.4. The van der Waals surface area contributed by atoms with Gasteiger partial charge in [-0.05, 0) is 58.0 Å². The number of carbonyl (C=O) groups is 1. The van der Waals surface area contributed by atoms with Gasteiger partial charge in [-0.25, -0.2) is 0 Å². The first-order valence-corrected chi connectivity index (χ1v) is 7.79. The van der Waals surface area contributed by atoms with Gasteiger partial charge in [0.05, 0.1) is 24.6 Å². The number of aliphatic hydroxyl groups is 1. The van der Waals surface area contributed by atoms with Gasteiger partial charge >= 0.3 is 0 Å². The van der Waals surface area contributed by atoms with Crippen molar-refractivity contribution >= 4 is 11.6 Å². The van der Waals surface area contributed by atoms with E-state index in [0.717, 1.165) is 16.8 Å². The molecule has 0 fully saturated rings. The second kappa shape index (κ2) is 8.09. The van der Waals surface area contributed by atoms with Crippen LogP contribution in [0.2, 0.25) is 0 Å². The Labute approximate surface area is 139 Å². The highest BCUT2D eigenvalue weighted by molar-refractivity contribution is 5.95. The van der Waals surface area contributed by atoms with Crippen LogP contribution in [0.25, 0.3) is 0 Å². The van der Waals surface area contributed by atoms with Gasteiger partial charge in [0.25, 0.3) is 0 Å². The van der Waals surface area contributed by atoms with Gasteiger partial charge < -0.3 is 10.0 Å². The summed E-state index contributed by atoms with van der Waals surface area (Å²) in [6.07, 6.45) is 0.286. The van der Waals surface area contributed by atoms with Crippen molar-refractivity contribution in [3.05, 3.63) is 29.3 Å². The van der Waals surface area contributed by atoms with Gasteiger partial charge in [0.2, 0.25) is 5.91 Å². The monoisotopic (exact) mass is 317 g/mol. The second-order valence-electron chi connectivity index (χ2n) is 6.78. The molecule has 0 aliphatic rings. The van der Waals surface area contributed by atoms with Gasteiger partial charge in [0.1, 0.15) is 0 Å². The molecule has 0 radical (unpaired) electrons. The molecular formula is C18H27N3O2. The van der Waals surface area contributed by atoms with Gasteiger partial charge in [0, 0.05) is 18.8 Å². The fourth-order valence-electron chi connectivity index (χ4n) is 2.70. The highest BCUT2D eigenvalue weighted by Crippen LogP contribution is 2.19. The molecule has 1 aromatic carbocycles. The van der Waals surface area contributed by atoms with Crippen LogP contribution in [0.3, 0.4) is 0 Å². The molecule has 23 heavy (non-hydrogen) atoms. The van der Waals surface area contributed by atoms with E-state index in [4.69, 9.17) is 5.26 Å². The highest BCUT2D eigenvalue weighted by Gasteiger charge is 2.21. The lowest BCUT2D eigenvalue weighted by Crippen LogP contribution is -2.44. The lowest BCUT2D eigenvalue weighted by Gasteiger charge is -2.28. The Hall–Kier alpha value is -1.90. The van der Waals surface area contributed by atoms with E-state index in [9.17, 15) is 9.90 Å². The molecule has 0 atom stereocenters. The van der Waals surface area contributed by atoms with Gasteiger partial charge in [-0.15, -0.1) is 0 Å². The number of nitrogens with zero attached hydrogens (tertiary/aromatic N) is 3. The quantitative estimate of drug-likeness (QED) is 0.837. The van der Waals surface area contributed by atoms with Crippen LogP contribution in [0.15, 0.2) is 18.2 Å². The lowest BCUT2D eigenvalue weighted by molar-refractivity contribution is -0.119. The minimum atomic E-state index is -0.855. The van der Waals surface area contributed by atoms with Crippen molar-refractivity contribution < 1.29 is 9.90 Å². The maximum Gasteiger partial charge on any atom is 0.241 e. The summed E-state index contributed by atoms with van der Waals surface area (Å²) in [7, 11) is 1.81. The van der Waals surface area contributed by atoms with Crippen molar-refractivity contribution in [1.29, 1.82) is 5.26 Å². The van der Waals surface area contributed by atoms with Crippen LogP contribution in [-0.2, 0) is 4.79 Å². The number of hydrogen-bond acceptors (Lipinski definition) is 4. The number of amides is 1. The van der Waals surface area contributed by atoms with E-state index in [1.54, 1.807) is 30.7 Å². The molecule has 5 heteroatoms. The summed E-state index contributed by atoms with van der Waals surface area (Å²) in [6, 6.07) is 8.06. The lowest BCUT2D eigenvalue weighted by atomic mass is 10.1. The molecule has 5 nitrogen and oxygen atoms in total. The standard InChI is InChI=1S/C18H27N3O2/c1-14-9-15(2)11-16(10-14)21(8-6-7-19)17(22)12-20(5)13-18(3,4)23/h9-11,23H,6,8,12-13H2,1-5H3. The molecule has 0 bridgehead atoms. The van der Waals surface area contributed by atoms with Crippen LogP contribution in [0.4, 0.5) is 5.69 Å². The third-order valence-corrected chi connectivity index (χ3v) is 3.33. The van der Waals surface area contributed by atoms with Gasteiger partial charge in [0.15, 0.2) is 0 Å². The third-order valence-electron chi connectivity index (χ3n) is 3.33. The summed E-state index contributed by atoms with van der Waals surface area (Å²) in [5.41, 5.74) is 2.13. The summed E-state index contributed by atoms with van der Waals surface area (Å²) in [6.45, 7) is 8.37. The van der Waals surface area contributed by atoms with Crippen molar-refractivity contribution in [1.82, 2.24) is 4.90 Å². The first-order chi connectivity index (χ1) is 10.6. The van der Waals surface area contributed by atoms with Crippen LogP contribution in [0.1, 0.15) is 31.4 Å². The molecule has 1 rings (SSSR count). The number of nitriles is 1. The predicted octanol–water partition coefficient (Wildman–Crippen LogP) is 2.25. The Morgan fingerprint density at radius 2 is 1.83 bits per heavy atom. The van der Waals surface area contributed by atoms with Gasteiger partial charge in [-0.1, -0.05) is 6.07 Å². The topological polar surface area (TPSA) is 67.6 Å². The number of likely N-dealkylation sites (N-methyl/N-ethyl adjacent to an activating group) is 1. The number of rotatable bonds is 7. The molecule has 1 N–H and O–H groups in total. The van der Waals surface area contributed by atoms with E-state index >= 15 is 0 Å². The van der Waals surface area contributed by atoms with Crippen LogP contribution in [-0.4, -0.2) is 48.2 Å². The molecule has 1 aromatic rings. The van der Waals surface area contributed by atoms with Crippen molar-refractivity contribution in [2.45, 2.75) is 39.7 Å². The minimum absolute atomic E-state index is 0.0722. The zero-order valence-electron chi connectivity index (χ0n) is 14.8. The Kier molecular flexibility index (Phi) is 6.74. The number of aryl methyl sites for hydroxylation is 2. The Morgan fingerprint density at radius 1 is 1.26 bits per heavy atom. The number of benzene rings is 1. The Morgan fingerprint density at radius 3 is 2.30 bits per heavy atom. The fraction of sp³-hybridized carbons (Fsp3) is 0.556. The molecule has 0 saturated carbocycles. The smallest absolute Gasteiger partial charge is 0.241 e. The molecule has 0 spiro atoms. The first-order valence-electron chi connectivity index (χ1n) is 7.79. The molecule has 0 heterocycles. The summed E-state index contributed by atoms with van der Waals surface area (Å²) < 4.78 is 0. The molecule has 0 unspecified atom stereocenters. The molecule has 0 aromatic heterocycles. The van der Waals surface area contributed by atoms with Crippen molar-refractivity contribution in [2.75, 3.05) is 31.6 Å². The van der Waals surface area contributed by atoms with Gasteiger partial charge in [-0.2, -0.15) is 5.26 Å². The fourth-order valence-corrected chi connectivity index (χ4v) is 2.70. The molecule has 0 aliphatic carbocycles. The first kappa shape index (κ1) is 19.1. The van der Waals surface area contributed by atoms with Crippen molar-refractivity contribution in [3.8, 4) is 6.07 Å². The molecule has 0 saturated heterocycles. The molecular weight excluding hydrogens is 290 g/mol. The Bertz CT molecular complexity index is 565. The highest BCUT2D eigenvalue weighted by atomic mass is 16.3. The zero-order chi connectivity index (χ0) is 17.6. The summed E-state index contributed by atoms with van der Waals surface area (Å²) in [5.74, 6) is -0.0722. The van der Waals surface area contributed by atoms with E-state index in [-0.39, 0.29) is 18.9 Å². The number of carbonyl (C=O) groups excluding carboxylic acids is 1. The number of hydrogen-bond donors (Lipinski definition) is 1. The van der Waals surface area contributed by atoms with E-state index in [0.29, 0.717) is 13.1 Å². The number of anilines is 1. The van der Waals surface area contributed by atoms with E-state index in [2.05, 4.69) is 12.1 Å².